The largest absolute Gasteiger partial charge is 0.339 e. The first-order valence-electron chi connectivity index (χ1n) is 11.1. The van der Waals surface area contributed by atoms with Crippen LogP contribution in [-0.2, 0) is 17.8 Å². The lowest BCUT2D eigenvalue weighted by Gasteiger charge is -2.20. The van der Waals surface area contributed by atoms with Crippen molar-refractivity contribution >= 4 is 16.8 Å². The Bertz CT molecular complexity index is 1310. The third kappa shape index (κ3) is 5.16. The molecule has 0 fully saturated rings. The monoisotopic (exact) mass is 445 g/mol. The summed E-state index contributed by atoms with van der Waals surface area (Å²) in [6, 6.07) is 15.2. The van der Waals surface area contributed by atoms with E-state index in [1.165, 1.54) is 5.56 Å². The second-order valence-corrected chi connectivity index (χ2v) is 8.23. The van der Waals surface area contributed by atoms with Crippen LogP contribution in [0.15, 0.2) is 57.8 Å². The summed E-state index contributed by atoms with van der Waals surface area (Å²) in [5.74, 6) is 1.76. The predicted molar refractivity (Wildman–Crippen MR) is 126 cm³/mol. The first-order valence-corrected chi connectivity index (χ1v) is 11.1. The lowest BCUT2D eigenvalue weighted by molar-refractivity contribution is -0.131. The minimum atomic E-state index is -0.209. The van der Waals surface area contributed by atoms with Crippen molar-refractivity contribution in [3.63, 3.8) is 0 Å². The zero-order chi connectivity index (χ0) is 23.4. The molecule has 1 amide bonds. The van der Waals surface area contributed by atoms with Crippen LogP contribution in [-0.4, -0.2) is 37.5 Å². The van der Waals surface area contributed by atoms with E-state index in [1.807, 2.05) is 25.1 Å². The minimum absolute atomic E-state index is 0.0747. The Morgan fingerprint density at radius 3 is 2.58 bits per heavy atom. The van der Waals surface area contributed by atoms with Gasteiger partial charge < -0.3 is 14.4 Å². The van der Waals surface area contributed by atoms with Crippen LogP contribution in [0.4, 0.5) is 0 Å². The topological polar surface area (TPSA) is 105 Å². The van der Waals surface area contributed by atoms with Gasteiger partial charge in [0.05, 0.1) is 17.4 Å². The summed E-state index contributed by atoms with van der Waals surface area (Å²) in [6.07, 6.45) is 0.563. The van der Waals surface area contributed by atoms with Gasteiger partial charge in [-0.25, -0.2) is 4.98 Å². The predicted octanol–water partition coefficient (Wildman–Crippen LogP) is 4.08. The summed E-state index contributed by atoms with van der Waals surface area (Å²) in [4.78, 5) is 38.4. The molecule has 0 aliphatic rings. The van der Waals surface area contributed by atoms with Gasteiger partial charge in [-0.05, 0) is 30.5 Å². The normalized spacial score (nSPS) is 11.3. The van der Waals surface area contributed by atoms with Crippen molar-refractivity contribution in [2.24, 2.45) is 0 Å². The number of benzene rings is 2. The van der Waals surface area contributed by atoms with Gasteiger partial charge in [-0.1, -0.05) is 55.4 Å². The fourth-order valence-corrected chi connectivity index (χ4v) is 3.63. The summed E-state index contributed by atoms with van der Waals surface area (Å²) in [6.45, 7) is 6.90. The average molecular weight is 446 g/mol. The number of nitrogens with zero attached hydrogens (tertiary/aromatic N) is 4. The van der Waals surface area contributed by atoms with Gasteiger partial charge in [0.2, 0.25) is 17.6 Å². The summed E-state index contributed by atoms with van der Waals surface area (Å²) < 4.78 is 5.35. The third-order valence-corrected chi connectivity index (χ3v) is 5.59. The van der Waals surface area contributed by atoms with Crippen molar-refractivity contribution in [1.29, 1.82) is 0 Å². The van der Waals surface area contributed by atoms with Gasteiger partial charge in [0, 0.05) is 24.9 Å². The number of carbonyl (C=O) groups excluding carboxylic acids is 1. The molecule has 8 nitrogen and oxygen atoms in total. The summed E-state index contributed by atoms with van der Waals surface area (Å²) in [7, 11) is 0. The standard InChI is InChI=1S/C25H27N5O3/c1-4-30(15-21-26-20-8-6-5-7-19(20)25(32)27-21)23(31)14-13-22-28-24(29-33-22)18-11-9-17(10-12-18)16(2)3/h5-12,16H,4,13-15H2,1-3H3,(H,26,27,32). The van der Waals surface area contributed by atoms with E-state index >= 15 is 0 Å². The van der Waals surface area contributed by atoms with Gasteiger partial charge in [0.15, 0.2) is 0 Å². The molecule has 4 rings (SSSR count). The molecule has 0 saturated heterocycles. The SMILES string of the molecule is CCN(Cc1nc2ccccc2c(=O)[nH]1)C(=O)CCc1nc(-c2ccc(C(C)C)cc2)no1. The number of nitrogens with one attached hydrogen (secondary N) is 1. The Kier molecular flexibility index (Phi) is 6.63. The van der Waals surface area contributed by atoms with Crippen LogP contribution < -0.4 is 5.56 Å². The molecule has 170 valence electrons. The number of rotatable bonds is 8. The van der Waals surface area contributed by atoms with Crippen LogP contribution in [0.5, 0.6) is 0 Å². The Hall–Kier alpha value is -3.81. The lowest BCUT2D eigenvalue weighted by atomic mass is 10.0. The summed E-state index contributed by atoms with van der Waals surface area (Å²) in [5.41, 5.74) is 2.52. The number of amides is 1. The number of carbonyl (C=O) groups is 1. The van der Waals surface area contributed by atoms with Crippen LogP contribution in [0.1, 0.15) is 50.4 Å². The van der Waals surface area contributed by atoms with Crippen molar-refractivity contribution in [3.05, 3.63) is 76.2 Å². The molecule has 0 saturated carbocycles. The number of fused-ring (bicyclic) bond motifs is 1. The van der Waals surface area contributed by atoms with Gasteiger partial charge in [0.1, 0.15) is 5.82 Å². The maximum Gasteiger partial charge on any atom is 0.258 e. The van der Waals surface area contributed by atoms with Crippen LogP contribution in [0, 0.1) is 0 Å². The number of aromatic nitrogens is 4. The molecule has 0 bridgehead atoms. The highest BCUT2D eigenvalue weighted by molar-refractivity contribution is 5.78. The quantitative estimate of drug-likeness (QED) is 0.438. The highest BCUT2D eigenvalue weighted by atomic mass is 16.5. The Morgan fingerprint density at radius 1 is 1.09 bits per heavy atom. The molecule has 0 radical (unpaired) electrons. The van der Waals surface area contributed by atoms with Gasteiger partial charge >= 0.3 is 0 Å². The zero-order valence-electron chi connectivity index (χ0n) is 19.0. The first kappa shape index (κ1) is 22.4. The maximum atomic E-state index is 12.8. The van der Waals surface area contributed by atoms with Gasteiger partial charge in [-0.2, -0.15) is 4.98 Å². The number of aryl methyl sites for hydroxylation is 1. The molecule has 8 heteroatoms. The van der Waals surface area contributed by atoms with Crippen molar-refractivity contribution < 1.29 is 9.32 Å². The Labute approximate surface area is 191 Å². The molecule has 2 aromatic carbocycles. The molecular weight excluding hydrogens is 418 g/mol. The van der Waals surface area contributed by atoms with Crippen LogP contribution in [0.3, 0.4) is 0 Å². The number of hydrogen-bond donors (Lipinski definition) is 1. The smallest absolute Gasteiger partial charge is 0.258 e. The van der Waals surface area contributed by atoms with E-state index in [-0.39, 0.29) is 24.4 Å². The number of hydrogen-bond acceptors (Lipinski definition) is 6. The van der Waals surface area contributed by atoms with Crippen LogP contribution in [0.25, 0.3) is 22.3 Å². The molecule has 2 heterocycles. The van der Waals surface area contributed by atoms with Crippen molar-refractivity contribution in [3.8, 4) is 11.4 Å². The van der Waals surface area contributed by atoms with E-state index in [4.69, 9.17) is 4.52 Å². The zero-order valence-corrected chi connectivity index (χ0v) is 19.0. The molecule has 33 heavy (non-hydrogen) atoms. The van der Waals surface area contributed by atoms with Gasteiger partial charge in [-0.3, -0.25) is 9.59 Å². The molecule has 0 aliphatic carbocycles. The average Bonchev–Trinajstić information content (AvgIpc) is 3.30. The second kappa shape index (κ2) is 9.77. The molecule has 2 aromatic heterocycles. The molecular formula is C25H27N5O3. The Balaban J connectivity index is 1.39. The summed E-state index contributed by atoms with van der Waals surface area (Å²) >= 11 is 0. The van der Waals surface area contributed by atoms with E-state index < -0.39 is 0 Å². The van der Waals surface area contributed by atoms with Crippen molar-refractivity contribution in [2.75, 3.05) is 6.54 Å². The van der Waals surface area contributed by atoms with Crippen LogP contribution >= 0.6 is 0 Å². The molecule has 0 unspecified atom stereocenters. The molecule has 4 aromatic rings. The maximum absolute atomic E-state index is 12.8. The highest BCUT2D eigenvalue weighted by Crippen LogP contribution is 2.21. The fourth-order valence-electron chi connectivity index (χ4n) is 3.63. The molecule has 0 spiro atoms. The first-order chi connectivity index (χ1) is 15.9. The lowest BCUT2D eigenvalue weighted by Crippen LogP contribution is -2.32. The number of H-pyrrole nitrogens is 1. The number of aromatic amines is 1. The van der Waals surface area contributed by atoms with Crippen molar-refractivity contribution in [2.45, 2.75) is 46.1 Å². The van der Waals surface area contributed by atoms with E-state index in [0.717, 1.165) is 5.56 Å². The fraction of sp³-hybridized carbons (Fsp3) is 0.320. The van der Waals surface area contributed by atoms with E-state index in [1.54, 1.807) is 23.1 Å². The van der Waals surface area contributed by atoms with E-state index in [9.17, 15) is 9.59 Å². The Morgan fingerprint density at radius 2 is 1.85 bits per heavy atom. The third-order valence-electron chi connectivity index (χ3n) is 5.59. The second-order valence-electron chi connectivity index (χ2n) is 8.23. The molecule has 1 N–H and O–H groups in total. The molecule has 0 atom stereocenters. The number of para-hydroxylation sites is 1. The summed E-state index contributed by atoms with van der Waals surface area (Å²) in [5, 5.41) is 4.58. The highest BCUT2D eigenvalue weighted by Gasteiger charge is 2.17. The van der Waals surface area contributed by atoms with Gasteiger partial charge in [-0.15, -0.1) is 0 Å². The minimum Gasteiger partial charge on any atom is -0.339 e. The van der Waals surface area contributed by atoms with Gasteiger partial charge in [0.25, 0.3) is 5.56 Å². The molecule has 0 aliphatic heterocycles. The van der Waals surface area contributed by atoms with E-state index in [2.05, 4.69) is 46.1 Å². The van der Waals surface area contributed by atoms with Crippen molar-refractivity contribution in [1.82, 2.24) is 25.0 Å². The van der Waals surface area contributed by atoms with Crippen LogP contribution in [0.2, 0.25) is 0 Å². The van der Waals surface area contributed by atoms with E-state index in [0.29, 0.717) is 47.3 Å².